The minimum Gasteiger partial charge on any atom is -0.479 e. The van der Waals surface area contributed by atoms with Gasteiger partial charge in [-0.25, -0.2) is 4.39 Å². The molecule has 0 spiro atoms. The number of halogens is 1. The number of carbonyl (C=O) groups excluding carboxylic acids is 1. The van der Waals surface area contributed by atoms with Crippen LogP contribution in [0, 0.1) is 5.82 Å². The first-order chi connectivity index (χ1) is 19.6. The molecule has 3 aromatic rings. The van der Waals surface area contributed by atoms with Gasteiger partial charge in [0.1, 0.15) is 11.6 Å². The fourth-order valence-corrected chi connectivity index (χ4v) is 5.04. The Labute approximate surface area is 231 Å². The maximum atomic E-state index is 14.0. The van der Waals surface area contributed by atoms with Crippen LogP contribution in [-0.2, 0) is 22.6 Å². The molecule has 210 valence electrons. The van der Waals surface area contributed by atoms with Gasteiger partial charge >= 0.3 is 0 Å². The smallest absolute Gasteiger partial charge is 0.262 e. The van der Waals surface area contributed by atoms with E-state index in [4.69, 9.17) is 28.4 Å². The van der Waals surface area contributed by atoms with E-state index in [9.17, 15) is 9.18 Å². The number of nitrogens with one attached hydrogen (secondary N) is 1. The number of nitrogens with zero attached hydrogens (tertiary/aromatic N) is 1. The van der Waals surface area contributed by atoms with Gasteiger partial charge in [0.15, 0.2) is 29.1 Å². The second kappa shape index (κ2) is 12.0. The van der Waals surface area contributed by atoms with Crippen LogP contribution < -0.4 is 29.0 Å². The number of rotatable bonds is 11. The first-order valence-corrected chi connectivity index (χ1v) is 13.4. The summed E-state index contributed by atoms with van der Waals surface area (Å²) in [5.74, 6) is 2.26. The summed E-state index contributed by atoms with van der Waals surface area (Å²) in [6, 6.07) is 17.2. The zero-order valence-electron chi connectivity index (χ0n) is 22.0. The Hall–Kier alpha value is -4.02. The normalized spacial score (nSPS) is 17.7. The highest BCUT2D eigenvalue weighted by atomic mass is 19.1. The summed E-state index contributed by atoms with van der Waals surface area (Å²) in [4.78, 5) is 15.7. The average molecular weight is 551 g/mol. The standard InChI is InChI=1S/C30H31FN2O7/c31-22-3-1-4-23(13-22)40-29(30(34)32-14-20-6-8-25-27(11-20)38-18-36-25)17-33(16-24-5-2-10-35-24)15-21-7-9-26-28(12-21)39-19-37-26/h1,3-4,6-9,11-13,24,29H,2,5,10,14-19H2,(H,32,34). The highest BCUT2D eigenvalue weighted by molar-refractivity contribution is 5.81. The number of hydrogen-bond donors (Lipinski definition) is 1. The van der Waals surface area contributed by atoms with Crippen LogP contribution in [0.3, 0.4) is 0 Å². The average Bonchev–Trinajstić information content (AvgIpc) is 3.73. The zero-order valence-corrected chi connectivity index (χ0v) is 22.0. The third kappa shape index (κ3) is 6.40. The van der Waals surface area contributed by atoms with E-state index in [1.54, 1.807) is 12.1 Å². The van der Waals surface area contributed by atoms with E-state index < -0.39 is 11.9 Å². The molecule has 3 heterocycles. The third-order valence-electron chi connectivity index (χ3n) is 7.02. The predicted molar refractivity (Wildman–Crippen MR) is 142 cm³/mol. The first kappa shape index (κ1) is 26.2. The quantitative estimate of drug-likeness (QED) is 0.383. The van der Waals surface area contributed by atoms with Gasteiger partial charge < -0.3 is 33.7 Å². The van der Waals surface area contributed by atoms with Crippen molar-refractivity contribution in [3.05, 3.63) is 77.6 Å². The summed E-state index contributed by atoms with van der Waals surface area (Å²) in [5, 5.41) is 2.97. The van der Waals surface area contributed by atoms with Crippen LogP contribution in [0.25, 0.3) is 0 Å². The van der Waals surface area contributed by atoms with Crippen molar-refractivity contribution < 1.29 is 37.6 Å². The van der Waals surface area contributed by atoms with Crippen molar-refractivity contribution in [1.29, 1.82) is 0 Å². The molecule has 3 aliphatic heterocycles. The van der Waals surface area contributed by atoms with Gasteiger partial charge in [-0.15, -0.1) is 0 Å². The Balaban J connectivity index is 1.20. The van der Waals surface area contributed by atoms with Gasteiger partial charge in [0.05, 0.1) is 6.10 Å². The molecule has 0 saturated carbocycles. The van der Waals surface area contributed by atoms with E-state index in [0.29, 0.717) is 36.1 Å². The molecule has 1 fully saturated rings. The van der Waals surface area contributed by atoms with Gasteiger partial charge in [-0.05, 0) is 60.4 Å². The van der Waals surface area contributed by atoms with E-state index in [1.165, 1.54) is 12.1 Å². The van der Waals surface area contributed by atoms with Gasteiger partial charge in [0.2, 0.25) is 13.6 Å². The molecule has 2 atom stereocenters. The number of fused-ring (bicyclic) bond motifs is 2. The van der Waals surface area contributed by atoms with Crippen LogP contribution in [0.5, 0.6) is 28.7 Å². The number of hydrogen-bond acceptors (Lipinski definition) is 8. The Kier molecular flexibility index (Phi) is 7.87. The van der Waals surface area contributed by atoms with E-state index in [-0.39, 0.29) is 44.4 Å². The van der Waals surface area contributed by atoms with Crippen LogP contribution in [0.2, 0.25) is 0 Å². The van der Waals surface area contributed by atoms with Crippen molar-refractivity contribution in [2.24, 2.45) is 0 Å². The van der Waals surface area contributed by atoms with Crippen LogP contribution in [0.4, 0.5) is 4.39 Å². The molecule has 3 aromatic carbocycles. The van der Waals surface area contributed by atoms with Crippen molar-refractivity contribution in [2.45, 2.75) is 38.1 Å². The lowest BCUT2D eigenvalue weighted by atomic mass is 10.1. The molecule has 2 unspecified atom stereocenters. The fourth-order valence-electron chi connectivity index (χ4n) is 5.04. The summed E-state index contributed by atoms with van der Waals surface area (Å²) in [6.07, 6.45) is 1.09. The van der Waals surface area contributed by atoms with Crippen LogP contribution in [0.1, 0.15) is 24.0 Å². The van der Waals surface area contributed by atoms with Gasteiger partial charge in [0.25, 0.3) is 5.91 Å². The molecule has 1 amide bonds. The predicted octanol–water partition coefficient (Wildman–Crippen LogP) is 4.03. The lowest BCUT2D eigenvalue weighted by Crippen LogP contribution is -2.47. The molecule has 10 heteroatoms. The van der Waals surface area contributed by atoms with E-state index >= 15 is 0 Å². The molecule has 1 saturated heterocycles. The summed E-state index contributed by atoms with van der Waals surface area (Å²) in [7, 11) is 0. The van der Waals surface area contributed by atoms with Crippen molar-refractivity contribution >= 4 is 5.91 Å². The lowest BCUT2D eigenvalue weighted by molar-refractivity contribution is -0.129. The Morgan fingerprint density at radius 3 is 2.40 bits per heavy atom. The van der Waals surface area contributed by atoms with Crippen LogP contribution in [0.15, 0.2) is 60.7 Å². The highest BCUT2D eigenvalue weighted by Crippen LogP contribution is 2.34. The van der Waals surface area contributed by atoms with Gasteiger partial charge in [0, 0.05) is 38.9 Å². The molecule has 1 N–H and O–H groups in total. The largest absolute Gasteiger partial charge is 0.479 e. The summed E-state index contributed by atoms with van der Waals surface area (Å²) in [6.45, 7) is 2.79. The molecule has 3 aliphatic rings. The number of carbonyl (C=O) groups is 1. The molecule has 0 aliphatic carbocycles. The molecule has 0 bridgehead atoms. The van der Waals surface area contributed by atoms with Gasteiger partial charge in [-0.1, -0.05) is 18.2 Å². The Morgan fingerprint density at radius 2 is 1.68 bits per heavy atom. The fraction of sp³-hybridized carbons (Fsp3) is 0.367. The summed E-state index contributed by atoms with van der Waals surface area (Å²) in [5.41, 5.74) is 1.87. The lowest BCUT2D eigenvalue weighted by Gasteiger charge is -2.29. The monoisotopic (exact) mass is 550 g/mol. The maximum absolute atomic E-state index is 14.0. The second-order valence-electron chi connectivity index (χ2n) is 9.99. The van der Waals surface area contributed by atoms with Crippen molar-refractivity contribution in [1.82, 2.24) is 10.2 Å². The Bertz CT molecular complexity index is 1350. The molecule has 0 radical (unpaired) electrons. The molecule has 0 aromatic heterocycles. The van der Waals surface area contributed by atoms with Crippen molar-refractivity contribution in [2.75, 3.05) is 33.3 Å². The van der Waals surface area contributed by atoms with Crippen LogP contribution in [-0.4, -0.2) is 56.3 Å². The van der Waals surface area contributed by atoms with E-state index in [0.717, 1.165) is 30.6 Å². The highest BCUT2D eigenvalue weighted by Gasteiger charge is 2.28. The summed E-state index contributed by atoms with van der Waals surface area (Å²) >= 11 is 0. The van der Waals surface area contributed by atoms with Crippen molar-refractivity contribution in [3.8, 4) is 28.7 Å². The summed E-state index contributed by atoms with van der Waals surface area (Å²) < 4.78 is 47.8. The van der Waals surface area contributed by atoms with E-state index in [2.05, 4.69) is 10.2 Å². The molecule has 9 nitrogen and oxygen atoms in total. The molecule has 40 heavy (non-hydrogen) atoms. The first-order valence-electron chi connectivity index (χ1n) is 13.4. The molecule has 6 rings (SSSR count). The number of ether oxygens (including phenoxy) is 6. The zero-order chi connectivity index (χ0) is 27.3. The van der Waals surface area contributed by atoms with Crippen molar-refractivity contribution in [3.63, 3.8) is 0 Å². The van der Waals surface area contributed by atoms with Crippen LogP contribution >= 0.6 is 0 Å². The number of benzene rings is 3. The van der Waals surface area contributed by atoms with Gasteiger partial charge in [-0.2, -0.15) is 0 Å². The third-order valence-corrected chi connectivity index (χ3v) is 7.02. The topological polar surface area (TPSA) is 87.7 Å². The minimum atomic E-state index is -0.911. The Morgan fingerprint density at radius 1 is 0.950 bits per heavy atom. The number of amides is 1. The minimum absolute atomic E-state index is 0.0560. The molecular weight excluding hydrogens is 519 g/mol. The SMILES string of the molecule is O=C(NCc1ccc2c(c1)OCO2)C(CN(Cc1ccc2c(c1)OCO2)CC1CCCO1)Oc1cccc(F)c1. The molecular formula is C30H31FN2O7. The maximum Gasteiger partial charge on any atom is 0.262 e. The van der Waals surface area contributed by atoms with E-state index in [1.807, 2.05) is 36.4 Å². The van der Waals surface area contributed by atoms with Gasteiger partial charge in [-0.3, -0.25) is 9.69 Å². The second-order valence-corrected chi connectivity index (χ2v) is 9.99.